The minimum Gasteiger partial charge on any atom is -0.329 e. The van der Waals surface area contributed by atoms with Crippen LogP contribution in [0.5, 0.6) is 0 Å². The van der Waals surface area contributed by atoms with E-state index in [2.05, 4.69) is 37.5 Å². The second-order valence-electron chi connectivity index (χ2n) is 8.01. The molecule has 1 heterocycles. The van der Waals surface area contributed by atoms with E-state index in [1.54, 1.807) is 0 Å². The van der Waals surface area contributed by atoms with E-state index in [1.165, 1.54) is 58.4 Å². The highest BCUT2D eigenvalue weighted by Crippen LogP contribution is 2.47. The molecule has 0 spiro atoms. The van der Waals surface area contributed by atoms with Crippen LogP contribution in [0.2, 0.25) is 0 Å². The maximum absolute atomic E-state index is 6.30. The summed E-state index contributed by atoms with van der Waals surface area (Å²) in [5.74, 6) is 0.774. The monoisotopic (exact) mass is 281 g/mol. The number of rotatable bonds is 4. The van der Waals surface area contributed by atoms with Crippen molar-refractivity contribution in [1.82, 2.24) is 9.80 Å². The van der Waals surface area contributed by atoms with Crippen LogP contribution in [0.3, 0.4) is 0 Å². The van der Waals surface area contributed by atoms with Crippen molar-refractivity contribution in [3.05, 3.63) is 0 Å². The molecule has 1 saturated heterocycles. The Hall–Kier alpha value is -0.120. The van der Waals surface area contributed by atoms with Gasteiger partial charge in [0.2, 0.25) is 0 Å². The average molecular weight is 281 g/mol. The summed E-state index contributed by atoms with van der Waals surface area (Å²) in [4.78, 5) is 5.37. The summed E-state index contributed by atoms with van der Waals surface area (Å²) >= 11 is 0. The summed E-state index contributed by atoms with van der Waals surface area (Å²) in [6, 6.07) is 0. The van der Waals surface area contributed by atoms with Crippen LogP contribution < -0.4 is 5.73 Å². The van der Waals surface area contributed by atoms with Crippen molar-refractivity contribution in [3.8, 4) is 0 Å². The lowest BCUT2D eigenvalue weighted by Gasteiger charge is -2.58. The first-order valence-electron chi connectivity index (χ1n) is 8.59. The average Bonchev–Trinajstić information content (AvgIpc) is 2.39. The number of hydrogen-bond donors (Lipinski definition) is 1. The van der Waals surface area contributed by atoms with E-state index in [0.29, 0.717) is 5.41 Å². The van der Waals surface area contributed by atoms with Gasteiger partial charge >= 0.3 is 0 Å². The lowest BCUT2D eigenvalue weighted by Crippen LogP contribution is -2.67. The molecular formula is C17H35N3. The molecule has 2 N–H and O–H groups in total. The highest BCUT2D eigenvalue weighted by atomic mass is 15.3. The molecule has 118 valence electrons. The zero-order valence-corrected chi connectivity index (χ0v) is 14.1. The summed E-state index contributed by atoms with van der Waals surface area (Å²) in [5.41, 5.74) is 6.91. The van der Waals surface area contributed by atoms with Gasteiger partial charge in [-0.2, -0.15) is 0 Å². The molecule has 1 aliphatic heterocycles. The van der Waals surface area contributed by atoms with Crippen LogP contribution >= 0.6 is 0 Å². The third kappa shape index (κ3) is 3.05. The van der Waals surface area contributed by atoms with Crippen molar-refractivity contribution < 1.29 is 0 Å². The van der Waals surface area contributed by atoms with Gasteiger partial charge < -0.3 is 10.6 Å². The number of piperazine rings is 1. The Morgan fingerprint density at radius 2 is 1.60 bits per heavy atom. The van der Waals surface area contributed by atoms with Gasteiger partial charge in [0.1, 0.15) is 0 Å². The number of hydrogen-bond acceptors (Lipinski definition) is 3. The Morgan fingerprint density at radius 3 is 2.10 bits per heavy atom. The number of nitrogens with two attached hydrogens (primary N) is 1. The van der Waals surface area contributed by atoms with Gasteiger partial charge in [-0.25, -0.2) is 0 Å². The van der Waals surface area contributed by atoms with Crippen LogP contribution in [0.15, 0.2) is 0 Å². The van der Waals surface area contributed by atoms with Gasteiger partial charge in [0.15, 0.2) is 0 Å². The quantitative estimate of drug-likeness (QED) is 0.859. The highest BCUT2D eigenvalue weighted by molar-refractivity contribution is 5.06. The molecule has 2 rings (SSSR count). The smallest absolute Gasteiger partial charge is 0.0383 e. The van der Waals surface area contributed by atoms with Crippen LogP contribution in [0.25, 0.3) is 0 Å². The van der Waals surface area contributed by atoms with E-state index in [4.69, 9.17) is 5.73 Å². The second kappa shape index (κ2) is 6.33. The first kappa shape index (κ1) is 16.3. The van der Waals surface area contributed by atoms with E-state index < -0.39 is 0 Å². The molecule has 0 aromatic rings. The van der Waals surface area contributed by atoms with Crippen LogP contribution in [0.4, 0.5) is 0 Å². The summed E-state index contributed by atoms with van der Waals surface area (Å²) in [6.07, 6.45) is 5.35. The first-order valence-corrected chi connectivity index (χ1v) is 8.59. The molecule has 0 aromatic heterocycles. The molecular weight excluding hydrogens is 246 g/mol. The Labute approximate surface area is 125 Å². The molecule has 1 unspecified atom stereocenters. The topological polar surface area (TPSA) is 32.5 Å². The van der Waals surface area contributed by atoms with Crippen molar-refractivity contribution in [2.45, 2.75) is 58.9 Å². The van der Waals surface area contributed by atoms with Crippen molar-refractivity contribution >= 4 is 0 Å². The molecule has 2 fully saturated rings. The summed E-state index contributed by atoms with van der Waals surface area (Å²) in [6.45, 7) is 16.4. The maximum Gasteiger partial charge on any atom is 0.0383 e. The van der Waals surface area contributed by atoms with E-state index in [1.807, 2.05) is 0 Å². The normalized spacial score (nSPS) is 32.7. The third-order valence-corrected chi connectivity index (χ3v) is 5.84. The Morgan fingerprint density at radius 1 is 1.00 bits per heavy atom. The predicted molar refractivity (Wildman–Crippen MR) is 86.9 cm³/mol. The molecule has 1 atom stereocenters. The van der Waals surface area contributed by atoms with E-state index in [0.717, 1.165) is 12.5 Å². The van der Waals surface area contributed by atoms with E-state index >= 15 is 0 Å². The zero-order valence-electron chi connectivity index (χ0n) is 14.1. The van der Waals surface area contributed by atoms with Crippen LogP contribution in [-0.2, 0) is 0 Å². The van der Waals surface area contributed by atoms with Crippen LogP contribution in [0, 0.1) is 11.3 Å². The molecule has 20 heavy (non-hydrogen) atoms. The SMILES string of the molecule is CC(C)CN1CCN(C2(CN)CCCCC2(C)C)CC1. The molecule has 0 radical (unpaired) electrons. The lowest BCUT2D eigenvalue weighted by atomic mass is 9.62. The Balaban J connectivity index is 2.03. The minimum absolute atomic E-state index is 0.245. The fraction of sp³-hybridized carbons (Fsp3) is 1.00. The van der Waals surface area contributed by atoms with Gasteiger partial charge in [-0.05, 0) is 24.2 Å². The molecule has 0 bridgehead atoms. The van der Waals surface area contributed by atoms with Crippen molar-refractivity contribution in [3.63, 3.8) is 0 Å². The van der Waals surface area contributed by atoms with Crippen molar-refractivity contribution in [2.75, 3.05) is 39.3 Å². The molecule has 2 aliphatic rings. The second-order valence-corrected chi connectivity index (χ2v) is 8.01. The highest BCUT2D eigenvalue weighted by Gasteiger charge is 2.49. The van der Waals surface area contributed by atoms with E-state index in [-0.39, 0.29) is 5.54 Å². The summed E-state index contributed by atoms with van der Waals surface area (Å²) in [7, 11) is 0. The molecule has 1 saturated carbocycles. The zero-order chi connectivity index (χ0) is 14.8. The fourth-order valence-corrected chi connectivity index (χ4v) is 4.52. The Bertz CT molecular complexity index is 305. The first-order chi connectivity index (χ1) is 9.41. The fourth-order valence-electron chi connectivity index (χ4n) is 4.52. The molecule has 0 aromatic carbocycles. The maximum atomic E-state index is 6.30. The Kier molecular flexibility index (Phi) is 5.14. The van der Waals surface area contributed by atoms with Gasteiger partial charge in [-0.3, -0.25) is 4.90 Å². The standard InChI is InChI=1S/C17H35N3/c1-15(2)13-19-9-11-20(12-10-19)17(14-18)8-6-5-7-16(17,3)4/h15H,5-14,18H2,1-4H3. The van der Waals surface area contributed by atoms with Gasteiger partial charge in [0, 0.05) is 44.8 Å². The van der Waals surface area contributed by atoms with Crippen LogP contribution in [0.1, 0.15) is 53.4 Å². The van der Waals surface area contributed by atoms with Crippen LogP contribution in [-0.4, -0.2) is 54.6 Å². The number of nitrogens with zero attached hydrogens (tertiary/aromatic N) is 2. The molecule has 0 amide bonds. The van der Waals surface area contributed by atoms with Gasteiger partial charge in [0.05, 0.1) is 0 Å². The molecule has 3 nitrogen and oxygen atoms in total. The lowest BCUT2D eigenvalue weighted by molar-refractivity contribution is -0.0657. The van der Waals surface area contributed by atoms with E-state index in [9.17, 15) is 0 Å². The summed E-state index contributed by atoms with van der Waals surface area (Å²) < 4.78 is 0. The van der Waals surface area contributed by atoms with Crippen molar-refractivity contribution in [1.29, 1.82) is 0 Å². The predicted octanol–water partition coefficient (Wildman–Crippen LogP) is 2.56. The minimum atomic E-state index is 0.245. The largest absolute Gasteiger partial charge is 0.329 e. The van der Waals surface area contributed by atoms with Gasteiger partial charge in [0.25, 0.3) is 0 Å². The van der Waals surface area contributed by atoms with Gasteiger partial charge in [-0.15, -0.1) is 0 Å². The molecule has 3 heteroatoms. The summed E-state index contributed by atoms with van der Waals surface area (Å²) in [5, 5.41) is 0. The van der Waals surface area contributed by atoms with Crippen molar-refractivity contribution in [2.24, 2.45) is 17.1 Å². The van der Waals surface area contributed by atoms with Gasteiger partial charge in [-0.1, -0.05) is 40.5 Å². The third-order valence-electron chi connectivity index (χ3n) is 5.84. The molecule has 1 aliphatic carbocycles.